The lowest BCUT2D eigenvalue weighted by atomic mass is 9.87. The average Bonchev–Trinajstić information content (AvgIpc) is 3.43. The van der Waals surface area contributed by atoms with Crippen molar-refractivity contribution in [2.45, 2.75) is 31.8 Å². The maximum absolute atomic E-state index is 10.3. The van der Waals surface area contributed by atoms with E-state index in [4.69, 9.17) is 9.72 Å². The molecule has 9 nitrogen and oxygen atoms in total. The first-order chi connectivity index (χ1) is 21.1. The van der Waals surface area contributed by atoms with E-state index in [0.29, 0.717) is 12.4 Å². The summed E-state index contributed by atoms with van der Waals surface area (Å²) in [6.45, 7) is 5.03. The lowest BCUT2D eigenvalue weighted by Crippen LogP contribution is -2.45. The van der Waals surface area contributed by atoms with E-state index in [2.05, 4.69) is 81.0 Å². The third kappa shape index (κ3) is 5.43. The minimum Gasteiger partial charge on any atom is -0.508 e. The van der Waals surface area contributed by atoms with Crippen LogP contribution in [-0.4, -0.2) is 70.5 Å². The van der Waals surface area contributed by atoms with Gasteiger partial charge in [0, 0.05) is 80.4 Å². The Morgan fingerprint density at radius 1 is 1.02 bits per heavy atom. The van der Waals surface area contributed by atoms with Crippen molar-refractivity contribution in [3.05, 3.63) is 107 Å². The van der Waals surface area contributed by atoms with Gasteiger partial charge in [-0.3, -0.25) is 15.2 Å². The predicted octanol–water partition coefficient (Wildman–Crippen LogP) is 4.35. The van der Waals surface area contributed by atoms with Crippen LogP contribution in [0.15, 0.2) is 84.1 Å². The average molecular weight is 577 g/mol. The number of aliphatic hydroxyl groups is 1. The fourth-order valence-corrected chi connectivity index (χ4v) is 6.25. The molecule has 0 radical (unpaired) electrons. The van der Waals surface area contributed by atoms with Gasteiger partial charge in [0.15, 0.2) is 5.84 Å². The van der Waals surface area contributed by atoms with Crippen molar-refractivity contribution in [2.24, 2.45) is 5.10 Å². The molecule has 43 heavy (non-hydrogen) atoms. The molecule has 1 aromatic heterocycles. The molecule has 7 rings (SSSR count). The molecule has 2 aromatic carbocycles. The molecule has 1 fully saturated rings. The fraction of sp³-hybridized carbons (Fsp3) is 0.294. The monoisotopic (exact) mass is 576 g/mol. The van der Waals surface area contributed by atoms with Crippen LogP contribution in [0.5, 0.6) is 5.75 Å². The summed E-state index contributed by atoms with van der Waals surface area (Å²) in [5, 5.41) is 25.0. The van der Waals surface area contributed by atoms with Crippen LogP contribution in [-0.2, 0) is 17.9 Å². The lowest BCUT2D eigenvalue weighted by molar-refractivity contribution is 0.0675. The SMILES string of the molecule is COCc1ccc(N2CCN(Cc3ccc(-c4nc5c(cc4C4C=CC=CC4)C4=NNC(O)N4C=C5)cc3)CC2)cc1O. The van der Waals surface area contributed by atoms with Crippen LogP contribution in [0, 0.1) is 0 Å². The number of benzene rings is 2. The van der Waals surface area contributed by atoms with Gasteiger partial charge in [0.25, 0.3) is 0 Å². The molecule has 3 N–H and O–H groups in total. The van der Waals surface area contributed by atoms with E-state index >= 15 is 0 Å². The summed E-state index contributed by atoms with van der Waals surface area (Å²) in [4.78, 5) is 11.7. The summed E-state index contributed by atoms with van der Waals surface area (Å²) < 4.78 is 5.16. The number of phenols is 1. The number of pyridine rings is 1. The number of aliphatic hydroxyl groups excluding tert-OH is 1. The van der Waals surface area contributed by atoms with Gasteiger partial charge in [-0.1, -0.05) is 54.6 Å². The van der Waals surface area contributed by atoms with Crippen molar-refractivity contribution in [1.29, 1.82) is 0 Å². The van der Waals surface area contributed by atoms with Crippen LogP contribution in [0.25, 0.3) is 17.3 Å². The number of rotatable bonds is 7. The molecule has 2 unspecified atom stereocenters. The molecule has 4 heterocycles. The first kappa shape index (κ1) is 27.4. The molecule has 1 aliphatic carbocycles. The number of hydrazone groups is 1. The summed E-state index contributed by atoms with van der Waals surface area (Å²) >= 11 is 0. The van der Waals surface area contributed by atoms with E-state index in [1.165, 1.54) is 5.56 Å². The topological polar surface area (TPSA) is 96.7 Å². The smallest absolute Gasteiger partial charge is 0.225 e. The van der Waals surface area contributed by atoms with E-state index in [0.717, 1.165) is 78.5 Å². The number of piperazine rings is 1. The molecule has 3 aliphatic heterocycles. The number of aromatic hydroxyl groups is 1. The van der Waals surface area contributed by atoms with Gasteiger partial charge in [-0.2, -0.15) is 5.10 Å². The number of ether oxygens (including phenoxy) is 1. The Morgan fingerprint density at radius 3 is 2.60 bits per heavy atom. The van der Waals surface area contributed by atoms with Gasteiger partial charge in [-0.25, -0.2) is 4.98 Å². The maximum atomic E-state index is 10.3. The van der Waals surface area contributed by atoms with E-state index in [1.54, 1.807) is 12.0 Å². The number of hydrogen-bond donors (Lipinski definition) is 3. The third-order valence-corrected chi connectivity index (χ3v) is 8.63. The van der Waals surface area contributed by atoms with Crippen molar-refractivity contribution < 1.29 is 14.9 Å². The number of hydrogen-bond acceptors (Lipinski definition) is 9. The normalized spacial score (nSPS) is 21.0. The second-order valence-electron chi connectivity index (χ2n) is 11.4. The zero-order valence-corrected chi connectivity index (χ0v) is 24.2. The molecule has 220 valence electrons. The number of phenolic OH excluding ortho intramolecular Hbond substituents is 1. The summed E-state index contributed by atoms with van der Waals surface area (Å²) in [5.74, 6) is 1.19. The Bertz CT molecular complexity index is 1620. The molecule has 0 saturated carbocycles. The Labute approximate surface area is 251 Å². The molecular formula is C34H36N6O3. The van der Waals surface area contributed by atoms with Crippen molar-refractivity contribution in [2.75, 3.05) is 38.2 Å². The zero-order chi connectivity index (χ0) is 29.3. The highest BCUT2D eigenvalue weighted by molar-refractivity contribution is 6.05. The first-order valence-corrected chi connectivity index (χ1v) is 14.8. The molecule has 4 aliphatic rings. The van der Waals surface area contributed by atoms with Crippen molar-refractivity contribution in [3.8, 4) is 17.0 Å². The van der Waals surface area contributed by atoms with Crippen LogP contribution in [0.3, 0.4) is 0 Å². The van der Waals surface area contributed by atoms with Gasteiger partial charge in [0.1, 0.15) is 5.75 Å². The quantitative estimate of drug-likeness (QED) is 0.382. The Hall–Kier alpha value is -4.44. The first-order valence-electron chi connectivity index (χ1n) is 14.8. The van der Waals surface area contributed by atoms with Crippen molar-refractivity contribution >= 4 is 17.6 Å². The zero-order valence-electron chi connectivity index (χ0n) is 24.2. The molecule has 0 bridgehead atoms. The van der Waals surface area contributed by atoms with E-state index in [9.17, 15) is 10.2 Å². The summed E-state index contributed by atoms with van der Waals surface area (Å²) in [5.41, 5.74) is 10.9. The maximum Gasteiger partial charge on any atom is 0.225 e. The molecule has 0 spiro atoms. The minimum atomic E-state index is -0.864. The van der Waals surface area contributed by atoms with Gasteiger partial charge < -0.3 is 19.8 Å². The number of aromatic nitrogens is 1. The van der Waals surface area contributed by atoms with Gasteiger partial charge in [-0.05, 0) is 35.8 Å². The highest BCUT2D eigenvalue weighted by atomic mass is 16.5. The number of allylic oxidation sites excluding steroid dienone is 4. The molecule has 1 saturated heterocycles. The number of amidine groups is 1. The second kappa shape index (κ2) is 11.7. The molecular weight excluding hydrogens is 540 g/mol. The molecule has 9 heteroatoms. The standard InChI is InChI=1S/C34H36N6O3/c1-43-22-26-11-12-27(19-31(26)41)39-17-15-38(16-18-39)21-23-7-9-25(10-8-23)32-28(24-5-3-2-4-6-24)20-29-30(35-32)13-14-40-33(29)36-37-34(40)42/h2-5,7-14,19-20,24,34,37,41-42H,6,15-18,21-22H2,1H3. The highest BCUT2D eigenvalue weighted by Gasteiger charge is 2.31. The van der Waals surface area contributed by atoms with Crippen molar-refractivity contribution in [3.63, 3.8) is 0 Å². The number of nitrogens with one attached hydrogen (secondary N) is 1. The minimum absolute atomic E-state index is 0.214. The van der Waals surface area contributed by atoms with E-state index in [-0.39, 0.29) is 11.7 Å². The van der Waals surface area contributed by atoms with Gasteiger partial charge in [0.2, 0.25) is 6.35 Å². The van der Waals surface area contributed by atoms with E-state index < -0.39 is 6.35 Å². The van der Waals surface area contributed by atoms with Crippen LogP contribution in [0.2, 0.25) is 0 Å². The number of anilines is 1. The number of fused-ring (bicyclic) bond motifs is 3. The Balaban J connectivity index is 1.07. The van der Waals surface area contributed by atoms with Crippen LogP contribution < -0.4 is 10.3 Å². The molecule has 0 amide bonds. The third-order valence-electron chi connectivity index (χ3n) is 8.63. The number of methoxy groups -OCH3 is 1. The fourth-order valence-electron chi connectivity index (χ4n) is 6.25. The molecule has 2 atom stereocenters. The highest BCUT2D eigenvalue weighted by Crippen LogP contribution is 2.36. The Kier molecular flexibility index (Phi) is 7.44. The summed E-state index contributed by atoms with van der Waals surface area (Å²) in [7, 11) is 1.64. The number of nitrogens with zero attached hydrogens (tertiary/aromatic N) is 5. The van der Waals surface area contributed by atoms with Crippen LogP contribution in [0.1, 0.15) is 40.3 Å². The predicted molar refractivity (Wildman–Crippen MR) is 168 cm³/mol. The second-order valence-corrected chi connectivity index (χ2v) is 11.4. The van der Waals surface area contributed by atoms with Gasteiger partial charge >= 0.3 is 0 Å². The van der Waals surface area contributed by atoms with Crippen LogP contribution >= 0.6 is 0 Å². The summed E-state index contributed by atoms with van der Waals surface area (Å²) in [6.07, 6.45) is 12.4. The van der Waals surface area contributed by atoms with Crippen molar-refractivity contribution in [1.82, 2.24) is 20.2 Å². The van der Waals surface area contributed by atoms with E-state index in [1.807, 2.05) is 24.4 Å². The molecule has 3 aromatic rings. The Morgan fingerprint density at radius 2 is 1.86 bits per heavy atom. The largest absolute Gasteiger partial charge is 0.508 e. The van der Waals surface area contributed by atoms with Gasteiger partial charge in [-0.15, -0.1) is 0 Å². The summed E-state index contributed by atoms with van der Waals surface area (Å²) in [6, 6.07) is 16.9. The van der Waals surface area contributed by atoms with Crippen LogP contribution in [0.4, 0.5) is 5.69 Å². The lowest BCUT2D eigenvalue weighted by Gasteiger charge is -2.36. The van der Waals surface area contributed by atoms with Gasteiger partial charge in [0.05, 0.1) is 18.0 Å².